The summed E-state index contributed by atoms with van der Waals surface area (Å²) in [6.45, 7) is 1.45. The van der Waals surface area contributed by atoms with Crippen LogP contribution in [0.5, 0.6) is 5.75 Å². The van der Waals surface area contributed by atoms with Crippen molar-refractivity contribution in [3.8, 4) is 5.75 Å². The Kier molecular flexibility index (Phi) is 5.56. The van der Waals surface area contributed by atoms with Crippen molar-refractivity contribution >= 4 is 17.5 Å². The molecule has 2 aromatic carbocycles. The number of ether oxygens (including phenoxy) is 1. The molecule has 2 amide bonds. The van der Waals surface area contributed by atoms with Gasteiger partial charge in [0, 0.05) is 12.6 Å². The van der Waals surface area contributed by atoms with Crippen LogP contribution in [0.15, 0.2) is 42.5 Å². The molecule has 2 aromatic rings. The number of carbonyl (C=O) groups excluding carboxylic acids is 2. The molecule has 0 saturated carbocycles. The van der Waals surface area contributed by atoms with Gasteiger partial charge in [-0.15, -0.1) is 0 Å². The van der Waals surface area contributed by atoms with Gasteiger partial charge in [0.2, 0.25) is 11.8 Å². The number of rotatable bonds is 6. The molecule has 136 valence electrons. The lowest BCUT2D eigenvalue weighted by Gasteiger charge is -2.18. The summed E-state index contributed by atoms with van der Waals surface area (Å²) in [5.74, 6) is 0.437. The Morgan fingerprint density at radius 1 is 1.08 bits per heavy atom. The van der Waals surface area contributed by atoms with Crippen molar-refractivity contribution in [1.29, 1.82) is 0 Å². The van der Waals surface area contributed by atoms with E-state index in [4.69, 9.17) is 4.74 Å². The van der Waals surface area contributed by atoms with Crippen molar-refractivity contribution < 1.29 is 14.3 Å². The Morgan fingerprint density at radius 3 is 2.50 bits per heavy atom. The predicted octanol–water partition coefficient (Wildman–Crippen LogP) is 3.39. The number of carbonyl (C=O) groups is 2. The number of anilines is 1. The third-order valence-electron chi connectivity index (χ3n) is 4.67. The van der Waals surface area contributed by atoms with Crippen LogP contribution in [0.3, 0.4) is 0 Å². The number of aryl methyl sites for hydroxylation is 2. The van der Waals surface area contributed by atoms with E-state index in [0.29, 0.717) is 0 Å². The highest BCUT2D eigenvalue weighted by Gasteiger charge is 2.18. The molecule has 0 saturated heterocycles. The minimum atomic E-state index is -0.382. The molecule has 1 aliphatic carbocycles. The van der Waals surface area contributed by atoms with Gasteiger partial charge in [-0.05, 0) is 60.2 Å². The Bertz CT molecular complexity index is 799. The van der Waals surface area contributed by atoms with Crippen LogP contribution in [-0.2, 0) is 22.4 Å². The van der Waals surface area contributed by atoms with Gasteiger partial charge in [0.15, 0.2) is 0 Å². The molecular formula is C21H24N2O3. The second-order valence-corrected chi connectivity index (χ2v) is 6.62. The van der Waals surface area contributed by atoms with Gasteiger partial charge in [-0.3, -0.25) is 9.59 Å². The minimum Gasteiger partial charge on any atom is -0.497 e. The van der Waals surface area contributed by atoms with E-state index < -0.39 is 0 Å². The summed E-state index contributed by atoms with van der Waals surface area (Å²) in [6.07, 6.45) is 3.53. The van der Waals surface area contributed by atoms with E-state index in [0.717, 1.165) is 29.8 Å². The number of nitrogens with one attached hydrogen (secondary N) is 2. The lowest BCUT2D eigenvalue weighted by Crippen LogP contribution is -2.29. The molecule has 26 heavy (non-hydrogen) atoms. The van der Waals surface area contributed by atoms with Gasteiger partial charge in [0.25, 0.3) is 0 Å². The Balaban J connectivity index is 1.69. The van der Waals surface area contributed by atoms with E-state index in [1.165, 1.54) is 24.5 Å². The largest absolute Gasteiger partial charge is 0.497 e. The normalized spacial score (nSPS) is 13.6. The molecule has 0 heterocycles. The summed E-state index contributed by atoms with van der Waals surface area (Å²) in [5, 5.41) is 5.80. The first kappa shape index (κ1) is 18.0. The molecule has 1 aliphatic rings. The molecule has 2 N–H and O–H groups in total. The molecule has 0 fully saturated rings. The highest BCUT2D eigenvalue weighted by Crippen LogP contribution is 2.26. The first-order valence-electron chi connectivity index (χ1n) is 8.88. The maximum absolute atomic E-state index is 12.5. The average molecular weight is 352 g/mol. The van der Waals surface area contributed by atoms with Gasteiger partial charge in [-0.2, -0.15) is 0 Å². The molecule has 3 rings (SSSR count). The summed E-state index contributed by atoms with van der Waals surface area (Å²) in [6, 6.07) is 13.1. The van der Waals surface area contributed by atoms with E-state index in [-0.39, 0.29) is 24.3 Å². The number of hydrogen-bond donors (Lipinski definition) is 2. The second kappa shape index (κ2) is 8.04. The van der Waals surface area contributed by atoms with Gasteiger partial charge >= 0.3 is 0 Å². The summed E-state index contributed by atoms with van der Waals surface area (Å²) in [7, 11) is 1.60. The fourth-order valence-corrected chi connectivity index (χ4v) is 3.38. The number of benzene rings is 2. The maximum Gasteiger partial charge on any atom is 0.226 e. The van der Waals surface area contributed by atoms with E-state index in [2.05, 4.69) is 22.8 Å². The molecule has 0 radical (unpaired) electrons. The van der Waals surface area contributed by atoms with Gasteiger partial charge in [0.1, 0.15) is 5.75 Å². The van der Waals surface area contributed by atoms with Crippen molar-refractivity contribution in [1.82, 2.24) is 5.32 Å². The highest BCUT2D eigenvalue weighted by molar-refractivity contribution is 5.91. The summed E-state index contributed by atoms with van der Waals surface area (Å²) >= 11 is 0. The first-order chi connectivity index (χ1) is 12.5. The smallest absolute Gasteiger partial charge is 0.226 e. The molecule has 5 nitrogen and oxygen atoms in total. The number of amides is 2. The van der Waals surface area contributed by atoms with Gasteiger partial charge < -0.3 is 15.4 Å². The third-order valence-corrected chi connectivity index (χ3v) is 4.67. The van der Waals surface area contributed by atoms with Gasteiger partial charge in [-0.25, -0.2) is 0 Å². The Hall–Kier alpha value is -2.82. The molecule has 1 atom stereocenters. The van der Waals surface area contributed by atoms with Crippen molar-refractivity contribution in [3.05, 3.63) is 59.2 Å². The Labute approximate surface area is 153 Å². The van der Waals surface area contributed by atoms with E-state index in [1.54, 1.807) is 7.11 Å². The summed E-state index contributed by atoms with van der Waals surface area (Å²) in [5.41, 5.74) is 4.37. The van der Waals surface area contributed by atoms with Crippen LogP contribution in [0.2, 0.25) is 0 Å². The number of methoxy groups -OCH3 is 1. The van der Waals surface area contributed by atoms with Crippen molar-refractivity contribution in [3.63, 3.8) is 0 Å². The van der Waals surface area contributed by atoms with Crippen molar-refractivity contribution in [2.45, 2.75) is 38.6 Å². The SMILES string of the molecule is COc1ccc(C(CC(=O)Nc2ccc3c(c2)CCC3)NC(C)=O)cc1. The minimum absolute atomic E-state index is 0.127. The summed E-state index contributed by atoms with van der Waals surface area (Å²) < 4.78 is 5.16. The molecule has 0 aromatic heterocycles. The van der Waals surface area contributed by atoms with Crippen LogP contribution < -0.4 is 15.4 Å². The Morgan fingerprint density at radius 2 is 1.81 bits per heavy atom. The van der Waals surface area contributed by atoms with Crippen LogP contribution in [0.1, 0.15) is 42.5 Å². The van der Waals surface area contributed by atoms with E-state index >= 15 is 0 Å². The van der Waals surface area contributed by atoms with Crippen LogP contribution in [0.4, 0.5) is 5.69 Å². The fourth-order valence-electron chi connectivity index (χ4n) is 3.38. The molecule has 1 unspecified atom stereocenters. The maximum atomic E-state index is 12.5. The predicted molar refractivity (Wildman–Crippen MR) is 101 cm³/mol. The highest BCUT2D eigenvalue weighted by atomic mass is 16.5. The van der Waals surface area contributed by atoms with Crippen LogP contribution in [-0.4, -0.2) is 18.9 Å². The van der Waals surface area contributed by atoms with Crippen LogP contribution in [0.25, 0.3) is 0 Å². The van der Waals surface area contributed by atoms with Gasteiger partial charge in [0.05, 0.1) is 19.6 Å². The number of hydrogen-bond acceptors (Lipinski definition) is 3. The summed E-state index contributed by atoms with van der Waals surface area (Å²) in [4.78, 5) is 24.1. The first-order valence-corrected chi connectivity index (χ1v) is 8.88. The molecule has 0 spiro atoms. The molecule has 0 aliphatic heterocycles. The van der Waals surface area contributed by atoms with Crippen LogP contribution in [0, 0.1) is 0 Å². The zero-order valence-electron chi connectivity index (χ0n) is 15.2. The average Bonchev–Trinajstić information content (AvgIpc) is 3.08. The molecule has 0 bridgehead atoms. The molecule has 5 heteroatoms. The van der Waals surface area contributed by atoms with Crippen molar-refractivity contribution in [2.75, 3.05) is 12.4 Å². The second-order valence-electron chi connectivity index (χ2n) is 6.62. The fraction of sp³-hybridized carbons (Fsp3) is 0.333. The monoisotopic (exact) mass is 352 g/mol. The van der Waals surface area contributed by atoms with Gasteiger partial charge in [-0.1, -0.05) is 18.2 Å². The van der Waals surface area contributed by atoms with Crippen LogP contribution >= 0.6 is 0 Å². The zero-order valence-corrected chi connectivity index (χ0v) is 15.2. The quantitative estimate of drug-likeness (QED) is 0.837. The third kappa shape index (κ3) is 4.42. The molecular weight excluding hydrogens is 328 g/mol. The standard InChI is InChI=1S/C21H24N2O3/c1-14(24)22-20(16-7-10-19(26-2)11-8-16)13-21(25)23-18-9-6-15-4-3-5-17(15)12-18/h6-12,20H,3-5,13H2,1-2H3,(H,22,24)(H,23,25). The number of fused-ring (bicyclic) bond motifs is 1. The van der Waals surface area contributed by atoms with E-state index in [9.17, 15) is 9.59 Å². The lowest BCUT2D eigenvalue weighted by molar-refractivity contribution is -0.120. The van der Waals surface area contributed by atoms with E-state index in [1.807, 2.05) is 30.3 Å². The topological polar surface area (TPSA) is 67.4 Å². The zero-order chi connectivity index (χ0) is 18.5. The lowest BCUT2D eigenvalue weighted by atomic mass is 10.0. The van der Waals surface area contributed by atoms with Crippen molar-refractivity contribution in [2.24, 2.45) is 0 Å².